The van der Waals surface area contributed by atoms with Gasteiger partial charge in [-0.2, -0.15) is 5.10 Å². The molecule has 26 heavy (non-hydrogen) atoms. The quantitative estimate of drug-likeness (QED) is 0.528. The molecule has 2 aromatic carbocycles. The van der Waals surface area contributed by atoms with Gasteiger partial charge < -0.3 is 15.0 Å². The van der Waals surface area contributed by atoms with Crippen molar-refractivity contribution < 1.29 is 9.53 Å². The number of fused-ring (bicyclic) bond motifs is 1. The highest BCUT2D eigenvalue weighted by atomic mass is 16.5. The normalized spacial score (nSPS) is 11.2. The highest BCUT2D eigenvalue weighted by molar-refractivity contribution is 5.99. The van der Waals surface area contributed by atoms with E-state index in [2.05, 4.69) is 35.0 Å². The Morgan fingerprint density at radius 2 is 1.96 bits per heavy atom. The molecule has 0 aliphatic rings. The first kappa shape index (κ1) is 17.5. The fraction of sp³-hybridized carbons (Fsp3) is 0.200. The minimum Gasteiger partial charge on any atom is -0.492 e. The van der Waals surface area contributed by atoms with Gasteiger partial charge in [-0.1, -0.05) is 24.3 Å². The maximum atomic E-state index is 10.8. The fourth-order valence-electron chi connectivity index (χ4n) is 3.01. The predicted molar refractivity (Wildman–Crippen MR) is 104 cm³/mol. The first-order valence-electron chi connectivity index (χ1n) is 8.40. The minimum atomic E-state index is -0.688. The zero-order chi connectivity index (χ0) is 18.5. The van der Waals surface area contributed by atoms with Crippen LogP contribution in [0.15, 0.2) is 53.8 Å². The van der Waals surface area contributed by atoms with Crippen LogP contribution in [0.25, 0.3) is 10.9 Å². The molecule has 0 atom stereocenters. The number of benzene rings is 2. The Labute approximate surface area is 152 Å². The van der Waals surface area contributed by atoms with Gasteiger partial charge in [-0.3, -0.25) is 0 Å². The number of urea groups is 1. The molecule has 0 spiro atoms. The third-order valence-corrected chi connectivity index (χ3v) is 3.99. The number of ether oxygens (including phenoxy) is 1. The van der Waals surface area contributed by atoms with Crippen LogP contribution in [0.2, 0.25) is 0 Å². The number of nitrogens with zero attached hydrogens (tertiary/aromatic N) is 2. The summed E-state index contributed by atoms with van der Waals surface area (Å²) < 4.78 is 8.03. The van der Waals surface area contributed by atoms with Crippen molar-refractivity contribution in [1.82, 2.24) is 9.99 Å². The second-order valence-electron chi connectivity index (χ2n) is 6.20. The van der Waals surface area contributed by atoms with Crippen LogP contribution in [0.1, 0.15) is 16.7 Å². The topological polar surface area (TPSA) is 81.6 Å². The summed E-state index contributed by atoms with van der Waals surface area (Å²) in [5.74, 6) is 0.881. The lowest BCUT2D eigenvalue weighted by molar-refractivity contribution is 0.249. The SMILES string of the molecule is Cc1cc(C)cc(OCCn2cc(/C=N/NC(N)=O)c3ccccc32)c1. The number of hydrogen-bond donors (Lipinski definition) is 2. The summed E-state index contributed by atoms with van der Waals surface area (Å²) in [4.78, 5) is 10.8. The van der Waals surface area contributed by atoms with E-state index in [-0.39, 0.29) is 0 Å². The van der Waals surface area contributed by atoms with Crippen LogP contribution in [0.3, 0.4) is 0 Å². The van der Waals surface area contributed by atoms with Crippen molar-refractivity contribution in [3.63, 3.8) is 0 Å². The Morgan fingerprint density at radius 1 is 1.23 bits per heavy atom. The highest BCUT2D eigenvalue weighted by Crippen LogP contribution is 2.21. The van der Waals surface area contributed by atoms with Crippen LogP contribution in [-0.4, -0.2) is 23.4 Å². The predicted octanol–water partition coefficient (Wildman–Crippen LogP) is 3.34. The molecule has 6 heteroatoms. The number of aromatic nitrogens is 1. The number of para-hydroxylation sites is 1. The number of carbonyl (C=O) groups excluding carboxylic acids is 1. The van der Waals surface area contributed by atoms with Crippen molar-refractivity contribution in [2.24, 2.45) is 10.8 Å². The van der Waals surface area contributed by atoms with Gasteiger partial charge in [0.05, 0.1) is 12.8 Å². The Hall–Kier alpha value is -3.28. The number of primary amides is 1. The van der Waals surface area contributed by atoms with Gasteiger partial charge in [0, 0.05) is 22.7 Å². The molecule has 134 valence electrons. The standard InChI is InChI=1S/C20H22N4O2/c1-14-9-15(2)11-17(10-14)26-8-7-24-13-16(12-22-23-20(21)25)18-5-3-4-6-19(18)24/h3-6,9-13H,7-8H2,1-2H3,(H3,21,23,25)/b22-12+. The molecular weight excluding hydrogens is 328 g/mol. The maximum absolute atomic E-state index is 10.8. The van der Waals surface area contributed by atoms with Gasteiger partial charge in [0.1, 0.15) is 12.4 Å². The molecule has 6 nitrogen and oxygen atoms in total. The van der Waals surface area contributed by atoms with Gasteiger partial charge in [-0.15, -0.1) is 0 Å². The number of hydrogen-bond acceptors (Lipinski definition) is 3. The third-order valence-electron chi connectivity index (χ3n) is 3.99. The molecule has 0 radical (unpaired) electrons. The molecule has 0 fully saturated rings. The minimum absolute atomic E-state index is 0.553. The first-order chi connectivity index (χ1) is 12.5. The van der Waals surface area contributed by atoms with E-state index in [0.717, 1.165) is 22.2 Å². The van der Waals surface area contributed by atoms with Gasteiger partial charge in [-0.25, -0.2) is 10.2 Å². The van der Waals surface area contributed by atoms with Crippen molar-refractivity contribution >= 4 is 23.1 Å². The summed E-state index contributed by atoms with van der Waals surface area (Å²) in [5, 5.41) is 4.91. The van der Waals surface area contributed by atoms with Crippen molar-refractivity contribution in [3.8, 4) is 5.75 Å². The molecule has 3 N–H and O–H groups in total. The van der Waals surface area contributed by atoms with Crippen LogP contribution in [0.5, 0.6) is 5.75 Å². The Balaban J connectivity index is 1.75. The number of nitrogens with one attached hydrogen (secondary N) is 1. The average molecular weight is 350 g/mol. The van der Waals surface area contributed by atoms with E-state index in [1.54, 1.807) is 6.21 Å². The van der Waals surface area contributed by atoms with E-state index >= 15 is 0 Å². The van der Waals surface area contributed by atoms with E-state index in [4.69, 9.17) is 10.5 Å². The molecule has 3 rings (SSSR count). The molecule has 0 bridgehead atoms. The van der Waals surface area contributed by atoms with E-state index in [1.807, 2.05) is 42.6 Å². The van der Waals surface area contributed by atoms with Crippen LogP contribution >= 0.6 is 0 Å². The number of rotatable bonds is 6. The molecule has 0 aliphatic heterocycles. The van der Waals surface area contributed by atoms with Crippen LogP contribution in [0, 0.1) is 13.8 Å². The lowest BCUT2D eigenvalue weighted by Gasteiger charge is -2.10. The summed E-state index contributed by atoms with van der Waals surface area (Å²) in [6.07, 6.45) is 3.58. The number of carbonyl (C=O) groups is 1. The average Bonchev–Trinajstić information content (AvgIpc) is 2.92. The van der Waals surface area contributed by atoms with Gasteiger partial charge in [0.25, 0.3) is 0 Å². The Bertz CT molecular complexity index is 939. The number of hydrazone groups is 1. The van der Waals surface area contributed by atoms with Gasteiger partial charge >= 0.3 is 6.03 Å². The van der Waals surface area contributed by atoms with E-state index < -0.39 is 6.03 Å². The van der Waals surface area contributed by atoms with Crippen molar-refractivity contribution in [3.05, 3.63) is 65.4 Å². The first-order valence-corrected chi connectivity index (χ1v) is 8.40. The summed E-state index contributed by atoms with van der Waals surface area (Å²) >= 11 is 0. The van der Waals surface area contributed by atoms with Gasteiger partial charge in [0.15, 0.2) is 0 Å². The summed E-state index contributed by atoms with van der Waals surface area (Å²) in [6.45, 7) is 5.37. The second-order valence-corrected chi connectivity index (χ2v) is 6.20. The Morgan fingerprint density at radius 3 is 2.69 bits per heavy atom. The maximum Gasteiger partial charge on any atom is 0.332 e. The zero-order valence-corrected chi connectivity index (χ0v) is 14.9. The molecular formula is C20H22N4O2. The van der Waals surface area contributed by atoms with Gasteiger partial charge in [0.2, 0.25) is 0 Å². The third kappa shape index (κ3) is 4.22. The van der Waals surface area contributed by atoms with Crippen LogP contribution < -0.4 is 15.9 Å². The monoisotopic (exact) mass is 350 g/mol. The number of nitrogens with two attached hydrogens (primary N) is 1. The zero-order valence-electron chi connectivity index (χ0n) is 14.9. The molecule has 1 heterocycles. The molecule has 3 aromatic rings. The number of aryl methyl sites for hydroxylation is 2. The molecule has 0 saturated heterocycles. The van der Waals surface area contributed by atoms with E-state index in [0.29, 0.717) is 13.2 Å². The molecule has 2 amide bonds. The van der Waals surface area contributed by atoms with E-state index in [9.17, 15) is 4.79 Å². The fourth-order valence-corrected chi connectivity index (χ4v) is 3.01. The summed E-state index contributed by atoms with van der Waals surface area (Å²) in [5.41, 5.74) is 11.6. The van der Waals surface area contributed by atoms with E-state index in [1.165, 1.54) is 11.1 Å². The second kappa shape index (κ2) is 7.74. The summed E-state index contributed by atoms with van der Waals surface area (Å²) in [7, 11) is 0. The van der Waals surface area contributed by atoms with Gasteiger partial charge in [-0.05, 0) is 43.2 Å². The molecule has 0 unspecified atom stereocenters. The number of amides is 2. The molecule has 1 aromatic heterocycles. The van der Waals surface area contributed by atoms with Crippen LogP contribution in [0.4, 0.5) is 4.79 Å². The van der Waals surface area contributed by atoms with Crippen molar-refractivity contribution in [2.75, 3.05) is 6.61 Å². The lowest BCUT2D eigenvalue weighted by Crippen LogP contribution is -2.24. The molecule has 0 saturated carbocycles. The lowest BCUT2D eigenvalue weighted by atomic mass is 10.1. The summed E-state index contributed by atoms with van der Waals surface area (Å²) in [6, 6.07) is 13.5. The smallest absolute Gasteiger partial charge is 0.332 e. The Kier molecular flexibility index (Phi) is 5.22. The van der Waals surface area contributed by atoms with Crippen LogP contribution in [-0.2, 0) is 6.54 Å². The highest BCUT2D eigenvalue weighted by Gasteiger charge is 2.07. The molecule has 0 aliphatic carbocycles. The largest absolute Gasteiger partial charge is 0.492 e. The van der Waals surface area contributed by atoms with Crippen molar-refractivity contribution in [2.45, 2.75) is 20.4 Å². The van der Waals surface area contributed by atoms with Crippen molar-refractivity contribution in [1.29, 1.82) is 0 Å².